The summed E-state index contributed by atoms with van der Waals surface area (Å²) in [6, 6.07) is 15.2. The highest BCUT2D eigenvalue weighted by atomic mass is 19.4. The second-order valence-corrected chi connectivity index (χ2v) is 7.33. The van der Waals surface area contributed by atoms with Crippen LogP contribution in [0.3, 0.4) is 0 Å². The van der Waals surface area contributed by atoms with Crippen LogP contribution in [-0.2, 0) is 15.7 Å². The van der Waals surface area contributed by atoms with E-state index in [4.69, 9.17) is 14.2 Å². The number of cyclic esters (lactones) is 1. The van der Waals surface area contributed by atoms with Crippen molar-refractivity contribution in [3.63, 3.8) is 0 Å². The Morgan fingerprint density at radius 3 is 2.23 bits per heavy atom. The third kappa shape index (κ3) is 5.32. The predicted octanol–water partition coefficient (Wildman–Crippen LogP) is 6.40. The summed E-state index contributed by atoms with van der Waals surface area (Å²) in [7, 11) is 1.55. The number of halogens is 3. The maximum atomic E-state index is 12.9. The van der Waals surface area contributed by atoms with E-state index in [9.17, 15) is 28.1 Å². The minimum absolute atomic E-state index is 0.165. The number of hydrogen-bond acceptors (Lipinski definition) is 6. The van der Waals surface area contributed by atoms with E-state index >= 15 is 0 Å². The lowest BCUT2D eigenvalue weighted by molar-refractivity contribution is -0.385. The van der Waals surface area contributed by atoms with E-state index in [1.165, 1.54) is 12.1 Å². The monoisotopic (exact) mass is 483 g/mol. The van der Waals surface area contributed by atoms with Gasteiger partial charge in [-0.25, -0.2) is 4.79 Å². The molecular weight excluding hydrogens is 467 g/mol. The smallest absolute Gasteiger partial charge is 0.416 e. The molecular formula is C25H16F3NO6. The molecule has 0 saturated heterocycles. The Bertz CT molecular complexity index is 1340. The molecule has 0 spiro atoms. The number of benzene rings is 3. The van der Waals surface area contributed by atoms with Crippen LogP contribution in [0.1, 0.15) is 16.7 Å². The molecule has 1 heterocycles. The van der Waals surface area contributed by atoms with Crippen LogP contribution < -0.4 is 9.47 Å². The minimum Gasteiger partial charge on any atom is -0.497 e. The third-order valence-corrected chi connectivity index (χ3v) is 5.01. The van der Waals surface area contributed by atoms with Gasteiger partial charge in [0.05, 0.1) is 23.2 Å². The van der Waals surface area contributed by atoms with Gasteiger partial charge in [-0.15, -0.1) is 0 Å². The van der Waals surface area contributed by atoms with Crippen LogP contribution in [0.2, 0.25) is 0 Å². The summed E-state index contributed by atoms with van der Waals surface area (Å²) < 4.78 is 54.5. The first-order valence-electron chi connectivity index (χ1n) is 10.1. The van der Waals surface area contributed by atoms with Gasteiger partial charge in [0.1, 0.15) is 17.3 Å². The van der Waals surface area contributed by atoms with Gasteiger partial charge in [-0.2, -0.15) is 13.2 Å². The number of carbonyl (C=O) groups is 1. The summed E-state index contributed by atoms with van der Waals surface area (Å²) in [4.78, 5) is 22.5. The molecule has 1 aliphatic heterocycles. The van der Waals surface area contributed by atoms with Gasteiger partial charge in [-0.1, -0.05) is 12.1 Å². The minimum atomic E-state index is -4.72. The van der Waals surface area contributed by atoms with E-state index in [1.54, 1.807) is 55.7 Å². The zero-order chi connectivity index (χ0) is 25.2. The van der Waals surface area contributed by atoms with E-state index in [0.29, 0.717) is 40.3 Å². The number of methoxy groups -OCH3 is 1. The molecule has 0 bridgehead atoms. The molecule has 178 valence electrons. The standard InChI is InChI=1S/C25H16F3NO6/c1-33-19-9-4-16(5-10-19)23-13-17(24(30)35-23)12-15-2-7-20(8-3-15)34-22-11-6-18(25(26,27)28)14-21(22)29(31)32/h2-14H,1H3/b17-12+. The van der Waals surface area contributed by atoms with Gasteiger partial charge in [0.15, 0.2) is 0 Å². The van der Waals surface area contributed by atoms with Crippen molar-refractivity contribution < 1.29 is 37.1 Å². The number of hydrogen-bond donors (Lipinski definition) is 0. The Labute approximate surface area is 196 Å². The number of esters is 1. The van der Waals surface area contributed by atoms with Crippen LogP contribution >= 0.6 is 0 Å². The van der Waals surface area contributed by atoms with E-state index in [0.717, 1.165) is 6.07 Å². The van der Waals surface area contributed by atoms with Crippen LogP contribution in [0.4, 0.5) is 18.9 Å². The van der Waals surface area contributed by atoms with Crippen molar-refractivity contribution >= 4 is 23.5 Å². The van der Waals surface area contributed by atoms with Crippen molar-refractivity contribution in [2.75, 3.05) is 7.11 Å². The summed E-state index contributed by atoms with van der Waals surface area (Å²) in [5.41, 5.74) is -0.342. The Hall–Kier alpha value is -4.60. The molecule has 0 aliphatic carbocycles. The van der Waals surface area contributed by atoms with Gasteiger partial charge in [0.2, 0.25) is 5.75 Å². The number of alkyl halides is 3. The van der Waals surface area contributed by atoms with Gasteiger partial charge in [0.25, 0.3) is 0 Å². The normalized spacial score (nSPS) is 14.5. The second-order valence-electron chi connectivity index (χ2n) is 7.33. The molecule has 35 heavy (non-hydrogen) atoms. The zero-order valence-corrected chi connectivity index (χ0v) is 18.0. The van der Waals surface area contributed by atoms with Gasteiger partial charge >= 0.3 is 17.8 Å². The number of rotatable bonds is 6. The highest BCUT2D eigenvalue weighted by Crippen LogP contribution is 2.38. The summed E-state index contributed by atoms with van der Waals surface area (Å²) >= 11 is 0. The highest BCUT2D eigenvalue weighted by molar-refractivity contribution is 6.05. The highest BCUT2D eigenvalue weighted by Gasteiger charge is 2.33. The van der Waals surface area contributed by atoms with Crippen LogP contribution in [0.15, 0.2) is 78.4 Å². The molecule has 0 fully saturated rings. The topological polar surface area (TPSA) is 87.9 Å². The molecule has 0 aromatic heterocycles. The molecule has 7 nitrogen and oxygen atoms in total. The van der Waals surface area contributed by atoms with Gasteiger partial charge < -0.3 is 14.2 Å². The number of ether oxygens (including phenoxy) is 3. The lowest BCUT2D eigenvalue weighted by Gasteiger charge is -2.10. The van der Waals surface area contributed by atoms with Gasteiger partial charge in [-0.3, -0.25) is 10.1 Å². The van der Waals surface area contributed by atoms with Crippen molar-refractivity contribution in [2.24, 2.45) is 0 Å². The van der Waals surface area contributed by atoms with Crippen molar-refractivity contribution in [1.82, 2.24) is 0 Å². The Kier molecular flexibility index (Phi) is 6.28. The van der Waals surface area contributed by atoms with E-state index in [2.05, 4.69) is 0 Å². The van der Waals surface area contributed by atoms with E-state index < -0.39 is 28.3 Å². The molecule has 0 amide bonds. The fourth-order valence-electron chi connectivity index (χ4n) is 3.25. The lowest BCUT2D eigenvalue weighted by atomic mass is 10.1. The van der Waals surface area contributed by atoms with Crippen molar-refractivity contribution in [3.8, 4) is 17.2 Å². The van der Waals surface area contributed by atoms with Crippen molar-refractivity contribution in [1.29, 1.82) is 0 Å². The predicted molar refractivity (Wildman–Crippen MR) is 120 cm³/mol. The van der Waals surface area contributed by atoms with Gasteiger partial charge in [0, 0.05) is 11.6 Å². The molecule has 1 aliphatic rings. The van der Waals surface area contributed by atoms with Crippen molar-refractivity contribution in [3.05, 3.63) is 105 Å². The average molecular weight is 483 g/mol. The first-order valence-corrected chi connectivity index (χ1v) is 10.1. The lowest BCUT2D eigenvalue weighted by Crippen LogP contribution is -2.06. The fraction of sp³-hybridized carbons (Fsp3) is 0.0800. The quantitative estimate of drug-likeness (QED) is 0.175. The molecule has 4 rings (SSSR count). The zero-order valence-electron chi connectivity index (χ0n) is 18.0. The van der Waals surface area contributed by atoms with E-state index in [-0.39, 0.29) is 11.5 Å². The SMILES string of the molecule is COc1ccc(C2=C/C(=C\c3ccc(Oc4ccc(C(F)(F)F)cc4[N+](=O)[O-])cc3)C(=O)O2)cc1. The third-order valence-electron chi connectivity index (χ3n) is 5.01. The van der Waals surface area contributed by atoms with Crippen LogP contribution in [0.5, 0.6) is 17.2 Å². The van der Waals surface area contributed by atoms with Crippen LogP contribution in [0, 0.1) is 10.1 Å². The summed E-state index contributed by atoms with van der Waals surface area (Å²) in [5.74, 6) is 0.354. The summed E-state index contributed by atoms with van der Waals surface area (Å²) in [6.07, 6.45) is -1.54. The Morgan fingerprint density at radius 2 is 1.63 bits per heavy atom. The number of nitro benzene ring substituents is 1. The number of nitro groups is 1. The summed E-state index contributed by atoms with van der Waals surface area (Å²) in [6.45, 7) is 0. The maximum absolute atomic E-state index is 12.9. The molecule has 3 aromatic rings. The molecule has 0 saturated carbocycles. The molecule has 0 radical (unpaired) electrons. The molecule has 3 aromatic carbocycles. The second kappa shape index (κ2) is 9.34. The molecule has 0 N–H and O–H groups in total. The Morgan fingerprint density at radius 1 is 0.971 bits per heavy atom. The van der Waals surface area contributed by atoms with Crippen LogP contribution in [-0.4, -0.2) is 18.0 Å². The number of nitrogens with zero attached hydrogens (tertiary/aromatic N) is 1. The van der Waals surface area contributed by atoms with Gasteiger partial charge in [-0.05, 0) is 66.2 Å². The molecule has 0 atom stereocenters. The average Bonchev–Trinajstić information content (AvgIpc) is 3.19. The first-order chi connectivity index (χ1) is 16.6. The molecule has 0 unspecified atom stereocenters. The maximum Gasteiger partial charge on any atom is 0.416 e. The Balaban J connectivity index is 1.53. The van der Waals surface area contributed by atoms with E-state index in [1.807, 2.05) is 0 Å². The fourth-order valence-corrected chi connectivity index (χ4v) is 3.25. The first kappa shape index (κ1) is 23.6. The molecule has 10 heteroatoms. The number of carbonyl (C=O) groups excluding carboxylic acids is 1. The van der Waals surface area contributed by atoms with Crippen molar-refractivity contribution in [2.45, 2.75) is 6.18 Å². The largest absolute Gasteiger partial charge is 0.497 e. The van der Waals surface area contributed by atoms with Crippen LogP contribution in [0.25, 0.3) is 11.8 Å². The summed E-state index contributed by atoms with van der Waals surface area (Å²) in [5, 5.41) is 11.2.